The summed E-state index contributed by atoms with van der Waals surface area (Å²) in [5.74, 6) is -2.00. The number of carboxylic acids is 1. The van der Waals surface area contributed by atoms with Crippen LogP contribution < -0.4 is 0 Å². The van der Waals surface area contributed by atoms with Crippen molar-refractivity contribution in [2.75, 3.05) is 47.5 Å². The van der Waals surface area contributed by atoms with Gasteiger partial charge in [-0.25, -0.2) is 4.79 Å². The molecule has 0 aromatic heterocycles. The quantitative estimate of drug-likeness (QED) is 0.0211. The topological polar surface area (TPSA) is 108 Å². The molecule has 2 unspecified atom stereocenters. The molecule has 1 N–H and O–H groups in total. The Labute approximate surface area is 437 Å². The van der Waals surface area contributed by atoms with Crippen molar-refractivity contribution in [2.45, 2.75) is 270 Å². The largest absolute Gasteiger partial charge is 0.477 e. The summed E-state index contributed by atoms with van der Waals surface area (Å²) in [5, 5.41) is 9.64. The number of carboxylic acid groups (broad SMARTS) is 1. The molecule has 71 heavy (non-hydrogen) atoms. The lowest BCUT2D eigenvalue weighted by molar-refractivity contribution is -0.870. The Balaban J connectivity index is 3.85. The molecule has 0 heterocycles. The fourth-order valence-electron chi connectivity index (χ4n) is 8.28. The van der Waals surface area contributed by atoms with E-state index in [0.29, 0.717) is 17.4 Å². The molecular weight excluding hydrogens is 887 g/mol. The molecule has 0 saturated carbocycles. The molecule has 0 rings (SSSR count). The lowest BCUT2D eigenvalue weighted by Gasteiger charge is -2.25. The van der Waals surface area contributed by atoms with Gasteiger partial charge in [0.2, 0.25) is 0 Å². The normalized spacial score (nSPS) is 13.2. The second-order valence-electron chi connectivity index (χ2n) is 20.9. The van der Waals surface area contributed by atoms with Crippen LogP contribution in [-0.2, 0) is 33.3 Å². The Morgan fingerprint density at radius 1 is 0.437 bits per heavy atom. The molecule has 0 spiro atoms. The summed E-state index contributed by atoms with van der Waals surface area (Å²) in [7, 11) is 5.96. The van der Waals surface area contributed by atoms with Gasteiger partial charge in [0.1, 0.15) is 13.2 Å². The maximum absolute atomic E-state index is 12.8. The number of nitrogens with zero attached hydrogens (tertiary/aromatic N) is 1. The molecule has 0 aromatic carbocycles. The SMILES string of the molecule is CC/C=C\C/C=C\C/C=C\C/C=C\C/C=C\CCCCCCCCCCCCCCCCCCCCCCCCCC(=O)OC(COC(=O)CCCCCCCCC)COC(OCC[N+](C)(C)C)C(=O)O. The summed E-state index contributed by atoms with van der Waals surface area (Å²) >= 11 is 0. The second kappa shape index (κ2) is 53.3. The van der Waals surface area contributed by atoms with Crippen molar-refractivity contribution in [1.29, 1.82) is 0 Å². The molecule has 0 aromatic rings. The molecule has 9 heteroatoms. The van der Waals surface area contributed by atoms with Crippen molar-refractivity contribution in [2.24, 2.45) is 0 Å². The Bertz CT molecular complexity index is 1350. The average molecular weight is 1000 g/mol. The minimum Gasteiger partial charge on any atom is -0.477 e. The predicted molar refractivity (Wildman–Crippen MR) is 300 cm³/mol. The molecule has 2 atom stereocenters. The van der Waals surface area contributed by atoms with Crippen molar-refractivity contribution in [3.05, 3.63) is 60.8 Å². The highest BCUT2D eigenvalue weighted by atomic mass is 16.7. The van der Waals surface area contributed by atoms with Gasteiger partial charge < -0.3 is 28.5 Å². The van der Waals surface area contributed by atoms with Crippen LogP contribution in [0.4, 0.5) is 0 Å². The highest BCUT2D eigenvalue weighted by molar-refractivity contribution is 5.71. The minimum atomic E-state index is -1.50. The Morgan fingerprint density at radius 3 is 1.20 bits per heavy atom. The number of hydrogen-bond acceptors (Lipinski definition) is 7. The maximum Gasteiger partial charge on any atom is 0.361 e. The number of carbonyl (C=O) groups is 3. The van der Waals surface area contributed by atoms with Gasteiger partial charge in [0, 0.05) is 12.8 Å². The Morgan fingerprint density at radius 2 is 0.803 bits per heavy atom. The zero-order valence-corrected chi connectivity index (χ0v) is 46.9. The van der Waals surface area contributed by atoms with Crippen LogP contribution in [-0.4, -0.2) is 87.4 Å². The molecule has 0 aliphatic carbocycles. The van der Waals surface area contributed by atoms with E-state index in [1.165, 1.54) is 161 Å². The molecule has 0 aliphatic rings. The third kappa shape index (κ3) is 54.6. The van der Waals surface area contributed by atoms with Gasteiger partial charge in [0.25, 0.3) is 6.29 Å². The highest BCUT2D eigenvalue weighted by Gasteiger charge is 2.25. The van der Waals surface area contributed by atoms with Crippen LogP contribution in [0.15, 0.2) is 60.8 Å². The van der Waals surface area contributed by atoms with Crippen LogP contribution in [0.3, 0.4) is 0 Å². The number of aliphatic carboxylic acids is 1. The number of esters is 2. The third-order valence-corrected chi connectivity index (χ3v) is 12.8. The van der Waals surface area contributed by atoms with E-state index in [-0.39, 0.29) is 32.2 Å². The third-order valence-electron chi connectivity index (χ3n) is 12.8. The molecule has 0 bridgehead atoms. The number of quaternary nitrogens is 1. The fraction of sp³-hybridized carbons (Fsp3) is 0.790. The van der Waals surface area contributed by atoms with Crippen LogP contribution >= 0.6 is 0 Å². The van der Waals surface area contributed by atoms with Crippen LogP contribution in [0, 0.1) is 0 Å². The smallest absolute Gasteiger partial charge is 0.361 e. The maximum atomic E-state index is 12.8. The second-order valence-corrected chi connectivity index (χ2v) is 20.9. The molecule has 0 amide bonds. The monoisotopic (exact) mass is 999 g/mol. The molecule has 0 radical (unpaired) electrons. The number of carbonyl (C=O) groups excluding carboxylic acids is 2. The molecule has 0 fully saturated rings. The van der Waals surface area contributed by atoms with Crippen LogP contribution in [0.2, 0.25) is 0 Å². The summed E-state index contributed by atoms with van der Waals surface area (Å²) in [5.41, 5.74) is 0. The number of likely N-dealkylation sites (N-methyl/N-ethyl adjacent to an activating group) is 1. The van der Waals surface area contributed by atoms with Gasteiger partial charge in [-0.15, -0.1) is 0 Å². The van der Waals surface area contributed by atoms with E-state index in [0.717, 1.165) is 70.6 Å². The van der Waals surface area contributed by atoms with E-state index < -0.39 is 24.3 Å². The molecule has 0 saturated heterocycles. The van der Waals surface area contributed by atoms with Gasteiger partial charge in [-0.1, -0.05) is 248 Å². The first-order valence-electron chi connectivity index (χ1n) is 29.5. The molecule has 9 nitrogen and oxygen atoms in total. The standard InChI is InChI=1S/C62H111NO8/c1-6-8-10-12-14-15-16-17-18-19-20-21-22-23-24-25-26-27-28-29-30-31-32-33-34-35-36-37-38-39-40-41-42-43-44-45-47-49-51-53-60(65)71-58(56-69-59(64)52-50-48-46-13-11-9-7-2)57-70-62(61(66)67)68-55-54-63(3,4)5/h8,10,14-15,17-18,20-21,23-24,58,62H,6-7,9,11-13,16,19,22,25-57H2,1-5H3/p+1/b10-8-,15-14-,18-17-,21-20-,24-23-. The fourth-order valence-corrected chi connectivity index (χ4v) is 8.28. The summed E-state index contributed by atoms with van der Waals surface area (Å²) in [6.07, 6.45) is 65.0. The van der Waals surface area contributed by atoms with Crippen LogP contribution in [0.1, 0.15) is 258 Å². The van der Waals surface area contributed by atoms with E-state index in [1.807, 2.05) is 21.1 Å². The Kier molecular flexibility index (Phi) is 51.0. The van der Waals surface area contributed by atoms with E-state index in [1.54, 1.807) is 0 Å². The predicted octanol–water partition coefficient (Wildman–Crippen LogP) is 17.2. The highest BCUT2D eigenvalue weighted by Crippen LogP contribution is 2.17. The zero-order valence-electron chi connectivity index (χ0n) is 46.9. The van der Waals surface area contributed by atoms with Gasteiger partial charge in [-0.05, 0) is 57.8 Å². The molecule has 0 aliphatic heterocycles. The number of hydrogen-bond donors (Lipinski definition) is 1. The molecule has 412 valence electrons. The van der Waals surface area contributed by atoms with Gasteiger partial charge >= 0.3 is 17.9 Å². The van der Waals surface area contributed by atoms with Crippen molar-refractivity contribution >= 4 is 17.9 Å². The number of rotatable bonds is 54. The first-order valence-corrected chi connectivity index (χ1v) is 29.5. The van der Waals surface area contributed by atoms with E-state index >= 15 is 0 Å². The summed E-state index contributed by atoms with van der Waals surface area (Å²) < 4.78 is 22.7. The van der Waals surface area contributed by atoms with Gasteiger partial charge in [-0.3, -0.25) is 9.59 Å². The number of unbranched alkanes of at least 4 members (excludes halogenated alkanes) is 29. The van der Waals surface area contributed by atoms with Crippen LogP contribution in [0.5, 0.6) is 0 Å². The zero-order chi connectivity index (χ0) is 52.0. The van der Waals surface area contributed by atoms with E-state index in [9.17, 15) is 19.5 Å². The first-order chi connectivity index (χ1) is 34.6. The van der Waals surface area contributed by atoms with E-state index in [2.05, 4.69) is 74.6 Å². The van der Waals surface area contributed by atoms with Crippen molar-refractivity contribution in [3.63, 3.8) is 0 Å². The minimum absolute atomic E-state index is 0.178. The molecular formula is C62H112NO8+. The number of allylic oxidation sites excluding steroid dienone is 10. The average Bonchev–Trinajstić information content (AvgIpc) is 3.34. The van der Waals surface area contributed by atoms with Gasteiger partial charge in [0.15, 0.2) is 6.10 Å². The van der Waals surface area contributed by atoms with Crippen LogP contribution in [0.25, 0.3) is 0 Å². The van der Waals surface area contributed by atoms with Gasteiger partial charge in [0.05, 0.1) is 34.4 Å². The Hall–Kier alpha value is -3.01. The lowest BCUT2D eigenvalue weighted by atomic mass is 10.0. The first kappa shape index (κ1) is 68.0. The number of ether oxygens (including phenoxy) is 4. The van der Waals surface area contributed by atoms with E-state index in [4.69, 9.17) is 18.9 Å². The van der Waals surface area contributed by atoms with Crippen molar-refractivity contribution in [1.82, 2.24) is 0 Å². The van der Waals surface area contributed by atoms with Gasteiger partial charge in [-0.2, -0.15) is 0 Å². The van der Waals surface area contributed by atoms with Crippen molar-refractivity contribution < 1.29 is 42.9 Å². The summed E-state index contributed by atoms with van der Waals surface area (Å²) in [4.78, 5) is 37.1. The summed E-state index contributed by atoms with van der Waals surface area (Å²) in [6, 6.07) is 0. The van der Waals surface area contributed by atoms with Crippen molar-refractivity contribution in [3.8, 4) is 0 Å². The summed E-state index contributed by atoms with van der Waals surface area (Å²) in [6.45, 7) is 4.73. The lowest BCUT2D eigenvalue weighted by Crippen LogP contribution is -2.40.